The van der Waals surface area contributed by atoms with E-state index in [0.29, 0.717) is 0 Å². The molecule has 0 aromatic rings. The Labute approximate surface area is 209 Å². The van der Waals surface area contributed by atoms with E-state index in [2.05, 4.69) is 13.5 Å². The fourth-order valence-corrected chi connectivity index (χ4v) is 5.43. The van der Waals surface area contributed by atoms with Crippen molar-refractivity contribution < 1.29 is 0 Å². The maximum atomic E-state index is 3.77. The summed E-state index contributed by atoms with van der Waals surface area (Å²) in [6.07, 6.45) is 40.3. The third-order valence-electron chi connectivity index (χ3n) is 6.88. The van der Waals surface area contributed by atoms with Crippen LogP contribution in [0.3, 0.4) is 0 Å². The summed E-state index contributed by atoms with van der Waals surface area (Å²) in [6, 6.07) is 0. The molecule has 0 spiro atoms. The molecule has 0 rings (SSSR count). The normalized spacial score (nSPS) is 11.3. The number of unbranched alkanes of at least 4 members (excludes halogenated alkanes) is 25. The highest BCUT2D eigenvalue weighted by Gasteiger charge is 1.96. The predicted molar refractivity (Wildman–Crippen MR) is 153 cm³/mol. The highest BCUT2D eigenvalue weighted by Crippen LogP contribution is 2.16. The first kappa shape index (κ1) is 32.1. The Morgan fingerprint density at radius 1 is 0.406 bits per heavy atom. The van der Waals surface area contributed by atoms with Crippen molar-refractivity contribution in [3.8, 4) is 0 Å². The van der Waals surface area contributed by atoms with Gasteiger partial charge in [0.15, 0.2) is 0 Å². The molecule has 0 heterocycles. The van der Waals surface area contributed by atoms with Crippen molar-refractivity contribution in [1.82, 2.24) is 0 Å². The predicted octanol–water partition coefficient (Wildman–Crippen LogP) is 12.1. The molecule has 0 aliphatic rings. The monoisotopic (exact) mass is 466 g/mol. The van der Waals surface area contributed by atoms with Crippen LogP contribution < -0.4 is 0 Å². The first-order valence-corrected chi connectivity index (χ1v) is 16.3. The number of hydrogen-bond donors (Lipinski definition) is 0. The van der Waals surface area contributed by atoms with E-state index in [9.17, 15) is 0 Å². The molecular weight excluding hydrogens is 404 g/mol. The quantitative estimate of drug-likeness (QED) is 0.0779. The fourth-order valence-electron chi connectivity index (χ4n) is 4.69. The van der Waals surface area contributed by atoms with E-state index in [-0.39, 0.29) is 0 Å². The number of rotatable bonds is 29. The van der Waals surface area contributed by atoms with Crippen LogP contribution in [0.2, 0.25) is 0 Å². The van der Waals surface area contributed by atoms with Crippen LogP contribution >= 0.6 is 11.8 Å². The minimum Gasteiger partial charge on any atom is -0.158 e. The lowest BCUT2D eigenvalue weighted by atomic mass is 10.0. The topological polar surface area (TPSA) is 0 Å². The minimum absolute atomic E-state index is 1.12. The van der Waals surface area contributed by atoms with Gasteiger partial charge in [-0.3, -0.25) is 0 Å². The zero-order valence-electron chi connectivity index (χ0n) is 22.5. The summed E-state index contributed by atoms with van der Waals surface area (Å²) in [5, 5.41) is 0. The molecule has 0 aliphatic heterocycles. The van der Waals surface area contributed by atoms with Gasteiger partial charge in [-0.25, -0.2) is 0 Å². The van der Waals surface area contributed by atoms with Gasteiger partial charge in [0.05, 0.1) is 0 Å². The first-order valence-electron chi connectivity index (χ1n) is 15.1. The molecule has 0 fully saturated rings. The maximum Gasteiger partial charge on any atom is 0.0110 e. The SMILES string of the molecule is C=CCSCCCCCCCCCCCCCCCCCCCCCCCCCCCC. The molecule has 0 aromatic heterocycles. The molecule has 0 aromatic carbocycles. The molecule has 0 nitrogen and oxygen atoms in total. The molecule has 0 radical (unpaired) electrons. The van der Waals surface area contributed by atoms with Crippen molar-refractivity contribution in [3.05, 3.63) is 12.7 Å². The zero-order valence-corrected chi connectivity index (χ0v) is 23.3. The summed E-state index contributed by atoms with van der Waals surface area (Å²) in [5.41, 5.74) is 0. The van der Waals surface area contributed by atoms with E-state index < -0.39 is 0 Å². The summed E-state index contributed by atoms with van der Waals surface area (Å²) < 4.78 is 0. The van der Waals surface area contributed by atoms with E-state index in [1.165, 1.54) is 173 Å². The van der Waals surface area contributed by atoms with Gasteiger partial charge in [0.1, 0.15) is 0 Å². The molecule has 1 heteroatoms. The van der Waals surface area contributed by atoms with Crippen LogP contribution in [0, 0.1) is 0 Å². The molecular formula is C31H62S. The van der Waals surface area contributed by atoms with Gasteiger partial charge in [0, 0.05) is 5.75 Å². The second kappa shape index (κ2) is 31.1. The van der Waals surface area contributed by atoms with Gasteiger partial charge >= 0.3 is 0 Å². The van der Waals surface area contributed by atoms with Gasteiger partial charge in [0.2, 0.25) is 0 Å². The smallest absolute Gasteiger partial charge is 0.0110 e. The Hall–Kier alpha value is 0.0900. The second-order valence-corrected chi connectivity index (χ2v) is 11.4. The van der Waals surface area contributed by atoms with Crippen LogP contribution in [0.15, 0.2) is 12.7 Å². The number of hydrogen-bond acceptors (Lipinski definition) is 1. The average Bonchev–Trinajstić information content (AvgIpc) is 2.81. The van der Waals surface area contributed by atoms with E-state index in [4.69, 9.17) is 0 Å². The van der Waals surface area contributed by atoms with Crippen molar-refractivity contribution in [2.45, 2.75) is 174 Å². The summed E-state index contributed by atoms with van der Waals surface area (Å²) in [5.74, 6) is 2.45. The van der Waals surface area contributed by atoms with Crippen molar-refractivity contribution in [1.29, 1.82) is 0 Å². The first-order chi connectivity index (χ1) is 15.9. The Bertz CT molecular complexity index is 324. The van der Waals surface area contributed by atoms with E-state index in [1.807, 2.05) is 17.8 Å². The standard InChI is InChI=1S/C31H62S/c1-3-5-6-7-8-9-10-11-12-13-14-15-16-17-18-19-20-21-22-23-24-25-26-27-28-29-31-32-30-4-2/h4H,2-3,5-31H2,1H3. The van der Waals surface area contributed by atoms with Crippen molar-refractivity contribution >= 4 is 11.8 Å². The molecule has 0 saturated carbocycles. The molecule has 0 unspecified atom stereocenters. The van der Waals surface area contributed by atoms with Gasteiger partial charge in [-0.1, -0.05) is 174 Å². The summed E-state index contributed by atoms with van der Waals surface area (Å²) in [6.45, 7) is 6.08. The molecule has 0 atom stereocenters. The average molecular weight is 467 g/mol. The lowest BCUT2D eigenvalue weighted by Crippen LogP contribution is -1.85. The molecule has 0 bridgehead atoms. The van der Waals surface area contributed by atoms with Crippen molar-refractivity contribution in [2.24, 2.45) is 0 Å². The van der Waals surface area contributed by atoms with Crippen LogP contribution in [0.25, 0.3) is 0 Å². The molecule has 192 valence electrons. The van der Waals surface area contributed by atoms with Crippen molar-refractivity contribution in [3.63, 3.8) is 0 Å². The van der Waals surface area contributed by atoms with Crippen LogP contribution in [-0.4, -0.2) is 11.5 Å². The van der Waals surface area contributed by atoms with E-state index >= 15 is 0 Å². The van der Waals surface area contributed by atoms with Gasteiger partial charge in [-0.15, -0.1) is 6.58 Å². The molecule has 0 N–H and O–H groups in total. The lowest BCUT2D eigenvalue weighted by Gasteiger charge is -2.04. The Morgan fingerprint density at radius 3 is 0.906 bits per heavy atom. The van der Waals surface area contributed by atoms with Gasteiger partial charge in [0.25, 0.3) is 0 Å². The van der Waals surface area contributed by atoms with Gasteiger partial charge in [-0.05, 0) is 12.2 Å². The molecule has 0 aliphatic carbocycles. The molecule has 0 amide bonds. The zero-order chi connectivity index (χ0) is 23.2. The summed E-state index contributed by atoms with van der Waals surface area (Å²) >= 11 is 2.03. The van der Waals surface area contributed by atoms with Crippen molar-refractivity contribution in [2.75, 3.05) is 11.5 Å². The summed E-state index contributed by atoms with van der Waals surface area (Å²) in [4.78, 5) is 0. The largest absolute Gasteiger partial charge is 0.158 e. The van der Waals surface area contributed by atoms with Gasteiger partial charge < -0.3 is 0 Å². The van der Waals surface area contributed by atoms with E-state index in [1.54, 1.807) is 0 Å². The molecule has 32 heavy (non-hydrogen) atoms. The summed E-state index contributed by atoms with van der Waals surface area (Å²) in [7, 11) is 0. The number of thioether (sulfide) groups is 1. The Kier molecular flexibility index (Phi) is 31.2. The maximum absolute atomic E-state index is 3.77. The Morgan fingerprint density at radius 2 is 0.656 bits per heavy atom. The van der Waals surface area contributed by atoms with Crippen LogP contribution in [0.1, 0.15) is 174 Å². The Balaban J connectivity index is 2.99. The highest BCUT2D eigenvalue weighted by atomic mass is 32.2. The van der Waals surface area contributed by atoms with Crippen LogP contribution in [0.4, 0.5) is 0 Å². The minimum atomic E-state index is 1.12. The molecule has 0 saturated heterocycles. The van der Waals surface area contributed by atoms with Crippen LogP contribution in [-0.2, 0) is 0 Å². The third kappa shape index (κ3) is 30.1. The second-order valence-electron chi connectivity index (χ2n) is 10.2. The van der Waals surface area contributed by atoms with Gasteiger partial charge in [-0.2, -0.15) is 11.8 Å². The van der Waals surface area contributed by atoms with E-state index in [0.717, 1.165) is 5.75 Å². The highest BCUT2D eigenvalue weighted by molar-refractivity contribution is 7.99. The van der Waals surface area contributed by atoms with Crippen LogP contribution in [0.5, 0.6) is 0 Å². The third-order valence-corrected chi connectivity index (χ3v) is 7.93. The lowest BCUT2D eigenvalue weighted by molar-refractivity contribution is 0.516. The fraction of sp³-hybridized carbons (Fsp3) is 0.935.